The highest BCUT2D eigenvalue weighted by Crippen LogP contribution is 2.33. The minimum Gasteiger partial charge on any atom is -0.323 e. The van der Waals surface area contributed by atoms with Gasteiger partial charge in [0.1, 0.15) is 5.82 Å². The summed E-state index contributed by atoms with van der Waals surface area (Å²) >= 11 is 9.17. The van der Waals surface area contributed by atoms with Gasteiger partial charge in [-0.15, -0.1) is 0 Å². The second-order valence-electron chi connectivity index (χ2n) is 5.19. The first kappa shape index (κ1) is 13.8. The number of halogens is 3. The molecule has 3 nitrogen and oxygen atoms in total. The summed E-state index contributed by atoms with van der Waals surface area (Å²) in [7, 11) is 0. The summed E-state index contributed by atoms with van der Waals surface area (Å²) in [6, 6.07) is 3.33. The van der Waals surface area contributed by atoms with Gasteiger partial charge < -0.3 is 5.73 Å². The van der Waals surface area contributed by atoms with E-state index in [4.69, 9.17) is 17.3 Å². The van der Waals surface area contributed by atoms with Gasteiger partial charge in [-0.25, -0.2) is 4.39 Å². The highest BCUT2D eigenvalue weighted by molar-refractivity contribution is 9.10. The summed E-state index contributed by atoms with van der Waals surface area (Å²) in [4.78, 5) is 4.75. The molecule has 3 aliphatic rings. The molecule has 1 aromatic carbocycles. The molecule has 0 aromatic heterocycles. The maximum absolute atomic E-state index is 14.2. The molecule has 1 aromatic rings. The lowest BCUT2D eigenvalue weighted by Gasteiger charge is -2.49. The number of benzene rings is 1. The third kappa shape index (κ3) is 2.43. The molecule has 3 heterocycles. The van der Waals surface area contributed by atoms with E-state index in [9.17, 15) is 4.39 Å². The lowest BCUT2D eigenvalue weighted by Crippen LogP contribution is -2.63. The van der Waals surface area contributed by atoms with Gasteiger partial charge in [0.25, 0.3) is 0 Å². The predicted molar refractivity (Wildman–Crippen MR) is 77.8 cm³/mol. The average molecular weight is 349 g/mol. The van der Waals surface area contributed by atoms with Crippen LogP contribution < -0.4 is 5.73 Å². The largest absolute Gasteiger partial charge is 0.323 e. The molecule has 19 heavy (non-hydrogen) atoms. The molecule has 2 atom stereocenters. The minimum atomic E-state index is -0.402. The lowest BCUT2D eigenvalue weighted by atomic mass is 9.94. The van der Waals surface area contributed by atoms with Crippen molar-refractivity contribution in [3.05, 3.63) is 33.0 Å². The van der Waals surface area contributed by atoms with Crippen molar-refractivity contribution in [1.29, 1.82) is 0 Å². The van der Waals surface area contributed by atoms with Crippen molar-refractivity contribution in [3.63, 3.8) is 0 Å². The van der Waals surface area contributed by atoms with Crippen LogP contribution in [0.1, 0.15) is 11.6 Å². The number of rotatable bonds is 2. The second kappa shape index (κ2) is 5.30. The van der Waals surface area contributed by atoms with Crippen molar-refractivity contribution in [1.82, 2.24) is 9.80 Å². The molecule has 2 unspecified atom stereocenters. The van der Waals surface area contributed by atoms with Crippen molar-refractivity contribution in [3.8, 4) is 0 Å². The van der Waals surface area contributed by atoms with Crippen LogP contribution in [0.5, 0.6) is 0 Å². The number of hydrogen-bond donors (Lipinski definition) is 1. The standard InChI is InChI=1S/C13H16BrClFN3/c14-9-2-1-8(12(16)11(9)15)13(17)10-7-18-3-5-19(10)6-4-18/h1-2,10,13H,3-7,17H2. The molecule has 4 rings (SSSR count). The van der Waals surface area contributed by atoms with Crippen LogP contribution in [0.25, 0.3) is 0 Å². The fourth-order valence-corrected chi connectivity index (χ4v) is 3.48. The fourth-order valence-electron chi connectivity index (χ4n) is 3.00. The monoisotopic (exact) mass is 347 g/mol. The SMILES string of the molecule is NC(c1ccc(Br)c(Cl)c1F)C1CN2CCN1CC2. The van der Waals surface area contributed by atoms with Gasteiger partial charge in [0.05, 0.1) is 5.02 Å². The Labute approximate surface area is 125 Å². The molecule has 2 bridgehead atoms. The number of nitrogens with two attached hydrogens (primary N) is 1. The zero-order valence-corrected chi connectivity index (χ0v) is 12.8. The summed E-state index contributed by atoms with van der Waals surface area (Å²) in [5, 5.41) is 0.115. The number of nitrogens with zero attached hydrogens (tertiary/aromatic N) is 2. The molecule has 0 spiro atoms. The van der Waals surface area contributed by atoms with Crippen molar-refractivity contribution >= 4 is 27.5 Å². The van der Waals surface area contributed by atoms with Gasteiger partial charge in [-0.2, -0.15) is 0 Å². The van der Waals surface area contributed by atoms with E-state index >= 15 is 0 Å². The van der Waals surface area contributed by atoms with Gasteiger partial charge in [0, 0.05) is 54.8 Å². The van der Waals surface area contributed by atoms with Crippen molar-refractivity contribution < 1.29 is 4.39 Å². The van der Waals surface area contributed by atoms with Gasteiger partial charge in [-0.05, 0) is 22.0 Å². The first-order chi connectivity index (χ1) is 9.08. The Morgan fingerprint density at radius 2 is 2.00 bits per heavy atom. The van der Waals surface area contributed by atoms with Gasteiger partial charge in [0.15, 0.2) is 0 Å². The van der Waals surface area contributed by atoms with E-state index in [-0.39, 0.29) is 17.1 Å². The van der Waals surface area contributed by atoms with Crippen molar-refractivity contribution in [2.75, 3.05) is 32.7 Å². The molecule has 3 aliphatic heterocycles. The molecule has 104 valence electrons. The highest BCUT2D eigenvalue weighted by atomic mass is 79.9. The van der Waals surface area contributed by atoms with Gasteiger partial charge in [-0.3, -0.25) is 9.80 Å². The Balaban J connectivity index is 1.88. The maximum atomic E-state index is 14.2. The predicted octanol–water partition coefficient (Wildman–Crippen LogP) is 2.24. The average Bonchev–Trinajstić information content (AvgIpc) is 2.45. The maximum Gasteiger partial charge on any atom is 0.147 e. The molecule has 0 aliphatic carbocycles. The van der Waals surface area contributed by atoms with Crippen LogP contribution in [0.3, 0.4) is 0 Å². The van der Waals surface area contributed by atoms with E-state index in [0.717, 1.165) is 32.7 Å². The fraction of sp³-hybridized carbons (Fsp3) is 0.538. The van der Waals surface area contributed by atoms with Gasteiger partial charge in [0.2, 0.25) is 0 Å². The second-order valence-corrected chi connectivity index (χ2v) is 6.43. The Morgan fingerprint density at radius 3 is 2.58 bits per heavy atom. The summed E-state index contributed by atoms with van der Waals surface area (Å²) in [5.41, 5.74) is 6.80. The Hall–Kier alpha value is -0.200. The van der Waals surface area contributed by atoms with Crippen molar-refractivity contribution in [2.24, 2.45) is 5.73 Å². The molecule has 0 radical (unpaired) electrons. The van der Waals surface area contributed by atoms with Crippen LogP contribution in [-0.4, -0.2) is 48.6 Å². The van der Waals surface area contributed by atoms with Crippen LogP contribution >= 0.6 is 27.5 Å². The first-order valence-corrected chi connectivity index (χ1v) is 7.60. The highest BCUT2D eigenvalue weighted by Gasteiger charge is 2.36. The molecule has 3 saturated heterocycles. The molecule has 0 amide bonds. The number of piperazine rings is 3. The minimum absolute atomic E-state index is 0.115. The van der Waals surface area contributed by atoms with Crippen LogP contribution in [0.4, 0.5) is 4.39 Å². The van der Waals surface area contributed by atoms with E-state index in [1.165, 1.54) is 0 Å². The van der Waals surface area contributed by atoms with E-state index in [2.05, 4.69) is 25.7 Å². The van der Waals surface area contributed by atoms with Crippen LogP contribution in [0, 0.1) is 5.82 Å². The van der Waals surface area contributed by atoms with Crippen LogP contribution in [-0.2, 0) is 0 Å². The van der Waals surface area contributed by atoms with Crippen LogP contribution in [0.2, 0.25) is 5.02 Å². The summed E-state index contributed by atoms with van der Waals surface area (Å²) in [5.74, 6) is -0.402. The normalized spacial score (nSPS) is 31.5. The quantitative estimate of drug-likeness (QED) is 0.832. The summed E-state index contributed by atoms with van der Waals surface area (Å²) in [6.45, 7) is 5.13. The molecular formula is C13H16BrClFN3. The van der Waals surface area contributed by atoms with E-state index in [0.29, 0.717) is 10.0 Å². The Morgan fingerprint density at radius 1 is 1.32 bits per heavy atom. The molecular weight excluding hydrogens is 333 g/mol. The zero-order chi connectivity index (χ0) is 13.6. The topological polar surface area (TPSA) is 32.5 Å². The molecule has 0 saturated carbocycles. The van der Waals surface area contributed by atoms with Gasteiger partial charge in [-0.1, -0.05) is 17.7 Å². The van der Waals surface area contributed by atoms with E-state index in [1.54, 1.807) is 12.1 Å². The summed E-state index contributed by atoms with van der Waals surface area (Å²) < 4.78 is 14.8. The van der Waals surface area contributed by atoms with Gasteiger partial charge >= 0.3 is 0 Å². The Kier molecular flexibility index (Phi) is 3.84. The van der Waals surface area contributed by atoms with Crippen LogP contribution in [0.15, 0.2) is 16.6 Å². The zero-order valence-electron chi connectivity index (χ0n) is 10.5. The third-order valence-corrected chi connectivity index (χ3v) is 5.42. The molecule has 2 N–H and O–H groups in total. The van der Waals surface area contributed by atoms with Crippen molar-refractivity contribution in [2.45, 2.75) is 12.1 Å². The summed E-state index contributed by atoms with van der Waals surface area (Å²) in [6.07, 6.45) is 0. The lowest BCUT2D eigenvalue weighted by molar-refractivity contribution is 0.00171. The third-order valence-electron chi connectivity index (χ3n) is 4.16. The van der Waals surface area contributed by atoms with E-state index < -0.39 is 5.82 Å². The number of hydrogen-bond acceptors (Lipinski definition) is 3. The number of fused-ring (bicyclic) bond motifs is 3. The molecule has 3 fully saturated rings. The Bertz CT molecular complexity index is 491. The smallest absolute Gasteiger partial charge is 0.147 e. The molecule has 6 heteroatoms. The van der Waals surface area contributed by atoms with E-state index in [1.807, 2.05) is 0 Å². The first-order valence-electron chi connectivity index (χ1n) is 6.43.